The van der Waals surface area contributed by atoms with Crippen molar-refractivity contribution in [2.75, 3.05) is 12.3 Å². The van der Waals surface area contributed by atoms with Crippen LogP contribution in [-0.4, -0.2) is 23.1 Å². The molecule has 1 fully saturated rings. The Morgan fingerprint density at radius 3 is 2.41 bits per heavy atom. The summed E-state index contributed by atoms with van der Waals surface area (Å²) in [5.74, 6) is 1.68. The summed E-state index contributed by atoms with van der Waals surface area (Å²) >= 11 is 1.86. The third-order valence-corrected chi connectivity index (χ3v) is 6.57. The zero-order chi connectivity index (χ0) is 19.2. The van der Waals surface area contributed by atoms with Gasteiger partial charge in [0.25, 0.3) is 5.91 Å². The van der Waals surface area contributed by atoms with E-state index in [9.17, 15) is 4.79 Å². The second-order valence-electron chi connectivity index (χ2n) is 7.70. The maximum atomic E-state index is 13.1. The number of carbonyl (C=O) groups is 1. The van der Waals surface area contributed by atoms with E-state index in [1.54, 1.807) is 0 Å². The van der Waals surface area contributed by atoms with Crippen molar-refractivity contribution >= 4 is 17.7 Å². The topological polar surface area (TPSA) is 20.3 Å². The molecule has 27 heavy (non-hydrogen) atoms. The van der Waals surface area contributed by atoms with Crippen LogP contribution in [0.1, 0.15) is 78.4 Å². The lowest BCUT2D eigenvalue weighted by Gasteiger charge is -2.24. The van der Waals surface area contributed by atoms with E-state index < -0.39 is 0 Å². The monoisotopic (exact) mass is 381 g/mol. The highest BCUT2D eigenvalue weighted by molar-refractivity contribution is 7.99. The summed E-state index contributed by atoms with van der Waals surface area (Å²) < 4.78 is 0. The summed E-state index contributed by atoms with van der Waals surface area (Å²) in [6.07, 6.45) is 4.83. The molecule has 3 rings (SSSR count). The van der Waals surface area contributed by atoms with Gasteiger partial charge in [0.1, 0.15) is 5.37 Å². The molecule has 0 aromatic heterocycles. The van der Waals surface area contributed by atoms with Gasteiger partial charge in [0.15, 0.2) is 0 Å². The van der Waals surface area contributed by atoms with Gasteiger partial charge in [-0.3, -0.25) is 4.79 Å². The minimum absolute atomic E-state index is 0.128. The Kier molecular flexibility index (Phi) is 7.01. The van der Waals surface area contributed by atoms with Gasteiger partial charge in [-0.2, -0.15) is 0 Å². The minimum Gasteiger partial charge on any atom is -0.322 e. The van der Waals surface area contributed by atoms with Crippen LogP contribution < -0.4 is 0 Å². The summed E-state index contributed by atoms with van der Waals surface area (Å²) in [6.45, 7) is 7.46. The van der Waals surface area contributed by atoms with E-state index in [4.69, 9.17) is 0 Å². The molecule has 144 valence electrons. The van der Waals surface area contributed by atoms with Crippen LogP contribution in [0.15, 0.2) is 48.5 Å². The Bertz CT molecular complexity index is 736. The SMILES string of the molecule is CCCCCc1ccc(C(=O)N2CCS[C@@H]2c2ccc(C(C)C)cc2)cc1. The van der Waals surface area contributed by atoms with Crippen LogP contribution in [0.3, 0.4) is 0 Å². The second kappa shape index (κ2) is 9.45. The quantitative estimate of drug-likeness (QED) is 0.515. The van der Waals surface area contributed by atoms with E-state index in [1.807, 2.05) is 28.8 Å². The fourth-order valence-electron chi connectivity index (χ4n) is 3.56. The Labute approximate surface area is 168 Å². The van der Waals surface area contributed by atoms with Crippen LogP contribution in [-0.2, 0) is 6.42 Å². The summed E-state index contributed by atoms with van der Waals surface area (Å²) in [5.41, 5.74) is 4.71. The van der Waals surface area contributed by atoms with E-state index in [0.717, 1.165) is 24.3 Å². The molecule has 0 unspecified atom stereocenters. The van der Waals surface area contributed by atoms with Crippen LogP contribution in [0.25, 0.3) is 0 Å². The zero-order valence-corrected chi connectivity index (χ0v) is 17.6. The summed E-state index contributed by atoms with van der Waals surface area (Å²) in [4.78, 5) is 15.1. The van der Waals surface area contributed by atoms with Gasteiger partial charge in [-0.1, -0.05) is 70.0 Å². The van der Waals surface area contributed by atoms with Gasteiger partial charge in [0, 0.05) is 17.9 Å². The molecule has 1 saturated heterocycles. The molecule has 0 bridgehead atoms. The van der Waals surface area contributed by atoms with E-state index in [2.05, 4.69) is 57.2 Å². The molecule has 0 saturated carbocycles. The maximum Gasteiger partial charge on any atom is 0.255 e. The van der Waals surface area contributed by atoms with Crippen molar-refractivity contribution in [3.05, 3.63) is 70.8 Å². The highest BCUT2D eigenvalue weighted by Gasteiger charge is 2.31. The number of benzene rings is 2. The van der Waals surface area contributed by atoms with Gasteiger partial charge in [-0.15, -0.1) is 11.8 Å². The summed E-state index contributed by atoms with van der Waals surface area (Å²) in [6, 6.07) is 17.0. The van der Waals surface area contributed by atoms with Crippen molar-refractivity contribution in [3.8, 4) is 0 Å². The molecule has 2 nitrogen and oxygen atoms in total. The second-order valence-corrected chi connectivity index (χ2v) is 8.89. The van der Waals surface area contributed by atoms with Gasteiger partial charge in [0.2, 0.25) is 0 Å². The molecular formula is C24H31NOS. The first kappa shape index (κ1) is 20.0. The third-order valence-electron chi connectivity index (χ3n) is 5.31. The van der Waals surface area contributed by atoms with E-state index in [0.29, 0.717) is 5.92 Å². The maximum absolute atomic E-state index is 13.1. The number of unbranched alkanes of at least 4 members (excludes halogenated alkanes) is 2. The lowest BCUT2D eigenvalue weighted by Crippen LogP contribution is -2.30. The van der Waals surface area contributed by atoms with E-state index in [-0.39, 0.29) is 11.3 Å². The minimum atomic E-state index is 0.128. The van der Waals surface area contributed by atoms with E-state index in [1.165, 1.54) is 36.0 Å². The lowest BCUT2D eigenvalue weighted by molar-refractivity contribution is 0.0760. The van der Waals surface area contributed by atoms with Gasteiger partial charge in [-0.05, 0) is 47.6 Å². The number of hydrogen-bond donors (Lipinski definition) is 0. The number of carbonyl (C=O) groups excluding carboxylic acids is 1. The van der Waals surface area contributed by atoms with Crippen molar-refractivity contribution in [2.45, 2.75) is 57.7 Å². The van der Waals surface area contributed by atoms with Crippen LogP contribution in [0.5, 0.6) is 0 Å². The molecule has 2 aromatic carbocycles. The summed E-state index contributed by atoms with van der Waals surface area (Å²) in [5, 5.41) is 0.128. The number of hydrogen-bond acceptors (Lipinski definition) is 2. The highest BCUT2D eigenvalue weighted by atomic mass is 32.2. The molecule has 1 aliphatic rings. The molecule has 0 aliphatic carbocycles. The Morgan fingerprint density at radius 1 is 1.07 bits per heavy atom. The first-order chi connectivity index (χ1) is 13.1. The largest absolute Gasteiger partial charge is 0.322 e. The predicted octanol–water partition coefficient (Wildman–Crippen LogP) is 6.43. The average Bonchev–Trinajstić information content (AvgIpc) is 3.18. The molecule has 3 heteroatoms. The molecule has 2 aromatic rings. The van der Waals surface area contributed by atoms with Crippen molar-refractivity contribution < 1.29 is 4.79 Å². The predicted molar refractivity (Wildman–Crippen MR) is 116 cm³/mol. The number of amides is 1. The lowest BCUT2D eigenvalue weighted by atomic mass is 10.0. The molecule has 0 radical (unpaired) electrons. The van der Waals surface area contributed by atoms with Crippen LogP contribution in [0.2, 0.25) is 0 Å². The molecule has 1 aliphatic heterocycles. The van der Waals surface area contributed by atoms with Gasteiger partial charge >= 0.3 is 0 Å². The first-order valence-corrected chi connectivity index (χ1v) is 11.3. The van der Waals surface area contributed by atoms with E-state index >= 15 is 0 Å². The Morgan fingerprint density at radius 2 is 1.78 bits per heavy atom. The number of thioether (sulfide) groups is 1. The smallest absolute Gasteiger partial charge is 0.255 e. The standard InChI is InChI=1S/C24H31NOS/c1-4-5-6-7-19-8-10-21(11-9-19)23(26)25-16-17-27-24(25)22-14-12-20(13-15-22)18(2)3/h8-15,18,24H,4-7,16-17H2,1-3H3/t24-/m1/s1. The van der Waals surface area contributed by atoms with Crippen LogP contribution >= 0.6 is 11.8 Å². The summed E-state index contributed by atoms with van der Waals surface area (Å²) in [7, 11) is 0. The Hall–Kier alpha value is -1.74. The first-order valence-electron chi connectivity index (χ1n) is 10.2. The fourth-order valence-corrected chi connectivity index (χ4v) is 4.81. The Balaban J connectivity index is 1.69. The molecular weight excluding hydrogens is 350 g/mol. The molecule has 0 spiro atoms. The number of rotatable bonds is 7. The van der Waals surface area contributed by atoms with Crippen molar-refractivity contribution in [1.29, 1.82) is 0 Å². The molecule has 1 atom stereocenters. The molecule has 1 heterocycles. The normalized spacial score (nSPS) is 16.9. The number of aryl methyl sites for hydroxylation is 1. The highest BCUT2D eigenvalue weighted by Crippen LogP contribution is 2.39. The van der Waals surface area contributed by atoms with Crippen LogP contribution in [0, 0.1) is 0 Å². The van der Waals surface area contributed by atoms with Crippen LogP contribution in [0.4, 0.5) is 0 Å². The van der Waals surface area contributed by atoms with Crippen molar-refractivity contribution in [2.24, 2.45) is 0 Å². The van der Waals surface area contributed by atoms with Gasteiger partial charge in [0.05, 0.1) is 0 Å². The van der Waals surface area contributed by atoms with Gasteiger partial charge < -0.3 is 4.90 Å². The molecule has 0 N–H and O–H groups in total. The molecule has 1 amide bonds. The van der Waals surface area contributed by atoms with Gasteiger partial charge in [-0.25, -0.2) is 0 Å². The third kappa shape index (κ3) is 4.95. The van der Waals surface area contributed by atoms with Crippen molar-refractivity contribution in [1.82, 2.24) is 4.90 Å². The zero-order valence-electron chi connectivity index (χ0n) is 16.8. The fraction of sp³-hybridized carbons (Fsp3) is 0.458. The number of nitrogens with zero attached hydrogens (tertiary/aromatic N) is 1. The average molecular weight is 382 g/mol. The van der Waals surface area contributed by atoms with Crippen molar-refractivity contribution in [3.63, 3.8) is 0 Å².